The molecule has 7 aromatic carbocycles. The minimum Gasteiger partial charge on any atom is -0.435 e. The third kappa shape index (κ3) is 3.77. The minimum absolute atomic E-state index is 0.648. The van der Waals surface area contributed by atoms with Crippen LogP contribution in [0.5, 0.6) is 0 Å². The summed E-state index contributed by atoms with van der Waals surface area (Å²) in [6.07, 6.45) is 0. The molecule has 0 saturated carbocycles. The number of nitrogens with zero attached hydrogens (tertiary/aromatic N) is 2. The van der Waals surface area contributed by atoms with Crippen LogP contribution < -0.4 is 4.90 Å². The second kappa shape index (κ2) is 9.88. The van der Waals surface area contributed by atoms with Crippen molar-refractivity contribution in [2.24, 2.45) is 0 Å². The van der Waals surface area contributed by atoms with Crippen LogP contribution in [-0.4, -0.2) is 4.98 Å². The van der Waals surface area contributed by atoms with Crippen LogP contribution in [0.1, 0.15) is 0 Å². The van der Waals surface area contributed by atoms with Gasteiger partial charge in [0, 0.05) is 79.5 Å². The summed E-state index contributed by atoms with van der Waals surface area (Å²) in [4.78, 5) is 7.51. The van der Waals surface area contributed by atoms with Crippen molar-refractivity contribution in [3.63, 3.8) is 0 Å². The molecule has 224 valence electrons. The predicted octanol–water partition coefficient (Wildman–Crippen LogP) is 13.3. The molecule has 0 spiro atoms. The van der Waals surface area contributed by atoms with Gasteiger partial charge in [-0.25, -0.2) is 4.98 Å². The topological polar surface area (TPSA) is 29.3 Å². The molecule has 1 aliphatic carbocycles. The lowest BCUT2D eigenvalue weighted by molar-refractivity contribution is 0.590. The third-order valence-corrected chi connectivity index (χ3v) is 11.9. The van der Waals surface area contributed by atoms with Crippen LogP contribution in [0.2, 0.25) is 0 Å². The molecule has 0 N–H and O–H groups in total. The van der Waals surface area contributed by atoms with Gasteiger partial charge in [-0.2, -0.15) is 0 Å². The number of benzene rings is 7. The van der Waals surface area contributed by atoms with Crippen molar-refractivity contribution in [3.8, 4) is 34.0 Å². The van der Waals surface area contributed by atoms with E-state index >= 15 is 0 Å². The van der Waals surface area contributed by atoms with Gasteiger partial charge in [-0.05, 0) is 78.2 Å². The number of anilines is 3. The monoisotopic (exact) mass is 648 g/mol. The van der Waals surface area contributed by atoms with Crippen LogP contribution in [-0.2, 0) is 0 Å². The van der Waals surface area contributed by atoms with Crippen molar-refractivity contribution in [1.82, 2.24) is 4.98 Å². The molecule has 11 rings (SSSR count). The molecule has 0 aliphatic heterocycles. The molecule has 0 unspecified atom stereocenters. The first-order valence-corrected chi connectivity index (χ1v) is 17.7. The standard InChI is InChI=1S/C43H24N2OS2/c1-2-9-25(10-3-1)43-44-41-35-24-29(21-26-11-8-14-32(40(26)35)42(41)46-43)45(27-17-19-38-33(22-27)30-12-4-6-15-36(30)47-38)28-18-20-39-34(23-28)31-13-5-7-16-37(31)48-39/h1-24H. The zero-order chi connectivity index (χ0) is 31.3. The van der Waals surface area contributed by atoms with Gasteiger partial charge < -0.3 is 9.32 Å². The van der Waals surface area contributed by atoms with Crippen molar-refractivity contribution in [2.45, 2.75) is 0 Å². The lowest BCUT2D eigenvalue weighted by Gasteiger charge is -2.26. The first kappa shape index (κ1) is 26.3. The fraction of sp³-hybridized carbons (Fsp3) is 0. The van der Waals surface area contributed by atoms with Gasteiger partial charge in [0.15, 0.2) is 5.76 Å². The molecule has 3 nitrogen and oxygen atoms in total. The van der Waals surface area contributed by atoms with Gasteiger partial charge in [-0.3, -0.25) is 0 Å². The van der Waals surface area contributed by atoms with Crippen LogP contribution in [0, 0.1) is 0 Å². The van der Waals surface area contributed by atoms with E-state index in [0.29, 0.717) is 5.89 Å². The third-order valence-electron chi connectivity index (χ3n) is 9.60. The van der Waals surface area contributed by atoms with Gasteiger partial charge in [0.25, 0.3) is 0 Å². The van der Waals surface area contributed by atoms with Gasteiger partial charge in [0.05, 0.1) is 0 Å². The predicted molar refractivity (Wildman–Crippen MR) is 204 cm³/mol. The lowest BCUT2D eigenvalue weighted by Crippen LogP contribution is -2.10. The molecule has 0 atom stereocenters. The van der Waals surface area contributed by atoms with Crippen molar-refractivity contribution >= 4 is 90.9 Å². The highest BCUT2D eigenvalue weighted by atomic mass is 32.1. The average molecular weight is 649 g/mol. The van der Waals surface area contributed by atoms with E-state index < -0.39 is 0 Å². The molecule has 5 heteroatoms. The Bertz CT molecular complexity index is 2800. The molecule has 3 aromatic heterocycles. The van der Waals surface area contributed by atoms with E-state index in [0.717, 1.165) is 45.2 Å². The molecule has 0 radical (unpaired) electrons. The van der Waals surface area contributed by atoms with Crippen LogP contribution in [0.15, 0.2) is 150 Å². The van der Waals surface area contributed by atoms with E-state index in [2.05, 4.69) is 132 Å². The van der Waals surface area contributed by atoms with E-state index in [-0.39, 0.29) is 0 Å². The van der Waals surface area contributed by atoms with Crippen molar-refractivity contribution in [1.29, 1.82) is 0 Å². The maximum absolute atomic E-state index is 6.49. The average Bonchev–Trinajstić information content (AvgIpc) is 3.90. The minimum atomic E-state index is 0.648. The Hall–Kier alpha value is -5.75. The van der Waals surface area contributed by atoms with Gasteiger partial charge >= 0.3 is 0 Å². The Morgan fingerprint density at radius 3 is 1.79 bits per heavy atom. The fourth-order valence-electron chi connectivity index (χ4n) is 7.46. The number of hydrogen-bond acceptors (Lipinski definition) is 5. The van der Waals surface area contributed by atoms with Crippen LogP contribution in [0.4, 0.5) is 17.1 Å². The fourth-order valence-corrected chi connectivity index (χ4v) is 9.63. The molecule has 0 saturated heterocycles. The van der Waals surface area contributed by atoms with E-state index in [4.69, 9.17) is 9.40 Å². The molecular weight excluding hydrogens is 625 g/mol. The van der Waals surface area contributed by atoms with Gasteiger partial charge in [0.2, 0.25) is 5.89 Å². The molecule has 0 fully saturated rings. The zero-order valence-corrected chi connectivity index (χ0v) is 27.1. The molecule has 10 aromatic rings. The highest BCUT2D eigenvalue weighted by molar-refractivity contribution is 7.26. The summed E-state index contributed by atoms with van der Waals surface area (Å²) in [6.45, 7) is 0. The van der Waals surface area contributed by atoms with E-state index in [1.54, 1.807) is 0 Å². The molecule has 0 amide bonds. The number of hydrogen-bond donors (Lipinski definition) is 0. The zero-order valence-electron chi connectivity index (χ0n) is 25.5. The second-order valence-electron chi connectivity index (χ2n) is 12.4. The molecule has 48 heavy (non-hydrogen) atoms. The summed E-state index contributed by atoms with van der Waals surface area (Å²) >= 11 is 3.70. The second-order valence-corrected chi connectivity index (χ2v) is 14.5. The Morgan fingerprint density at radius 1 is 0.479 bits per heavy atom. The molecule has 1 aliphatic rings. The van der Waals surface area contributed by atoms with E-state index in [1.165, 1.54) is 51.1 Å². The first-order chi connectivity index (χ1) is 23.8. The largest absolute Gasteiger partial charge is 0.435 e. The number of rotatable bonds is 4. The number of aromatic nitrogens is 1. The van der Waals surface area contributed by atoms with Gasteiger partial charge in [-0.1, -0.05) is 72.8 Å². The maximum atomic E-state index is 6.49. The van der Waals surface area contributed by atoms with Crippen LogP contribution in [0.3, 0.4) is 0 Å². The molecule has 3 heterocycles. The van der Waals surface area contributed by atoms with Crippen molar-refractivity contribution in [3.05, 3.63) is 146 Å². The summed E-state index contributed by atoms with van der Waals surface area (Å²) < 4.78 is 11.7. The van der Waals surface area contributed by atoms with Gasteiger partial charge in [-0.15, -0.1) is 22.7 Å². The summed E-state index contributed by atoms with van der Waals surface area (Å²) in [5.41, 5.74) is 7.42. The lowest BCUT2D eigenvalue weighted by atomic mass is 10.0. The molecule has 0 bridgehead atoms. The highest BCUT2D eigenvalue weighted by Crippen LogP contribution is 2.51. The van der Waals surface area contributed by atoms with E-state index in [1.807, 2.05) is 40.9 Å². The number of thiophene rings is 2. The first-order valence-electron chi connectivity index (χ1n) is 16.0. The quantitative estimate of drug-likeness (QED) is 0.190. The Balaban J connectivity index is 1.17. The summed E-state index contributed by atoms with van der Waals surface area (Å²) in [6, 6.07) is 52.5. The Morgan fingerprint density at radius 2 is 1.10 bits per heavy atom. The van der Waals surface area contributed by atoms with Crippen molar-refractivity contribution < 1.29 is 4.42 Å². The Labute approximate surface area is 283 Å². The molecular formula is C43H24N2OS2. The summed E-state index contributed by atoms with van der Waals surface area (Å²) in [5.74, 6) is 1.49. The van der Waals surface area contributed by atoms with Gasteiger partial charge in [0.1, 0.15) is 5.69 Å². The van der Waals surface area contributed by atoms with Crippen LogP contribution in [0.25, 0.3) is 85.2 Å². The summed E-state index contributed by atoms with van der Waals surface area (Å²) in [5, 5.41) is 7.50. The number of oxazole rings is 1. The highest BCUT2D eigenvalue weighted by Gasteiger charge is 2.30. The summed E-state index contributed by atoms with van der Waals surface area (Å²) in [7, 11) is 0. The maximum Gasteiger partial charge on any atom is 0.227 e. The normalized spacial score (nSPS) is 12.2. The number of fused-ring (bicyclic) bond motifs is 9. The Kier molecular flexibility index (Phi) is 5.42. The van der Waals surface area contributed by atoms with E-state index in [9.17, 15) is 0 Å². The van der Waals surface area contributed by atoms with Crippen LogP contribution >= 0.6 is 22.7 Å². The smallest absolute Gasteiger partial charge is 0.227 e. The van der Waals surface area contributed by atoms with Crippen molar-refractivity contribution in [2.75, 3.05) is 4.90 Å². The SMILES string of the molecule is c1ccc(-c2nc3c(o2)-c2cccc4cc(N(c5ccc6sc7ccccc7c6c5)c5ccc6sc7ccccc7c6c5)cc-3c24)cc1.